The lowest BCUT2D eigenvalue weighted by Gasteiger charge is -2.18. The van der Waals surface area contributed by atoms with Crippen LogP contribution in [-0.4, -0.2) is 22.3 Å². The molecule has 8 heteroatoms. The maximum atomic E-state index is 12.2. The van der Waals surface area contributed by atoms with Crippen LogP contribution >= 0.6 is 22.9 Å². The molecule has 0 unspecified atom stereocenters. The molecule has 0 aliphatic carbocycles. The van der Waals surface area contributed by atoms with E-state index in [1.807, 2.05) is 13.0 Å². The summed E-state index contributed by atoms with van der Waals surface area (Å²) >= 11 is 7.23. The van der Waals surface area contributed by atoms with Gasteiger partial charge in [-0.3, -0.25) is 14.9 Å². The largest absolute Gasteiger partial charge is 0.433 e. The van der Waals surface area contributed by atoms with Crippen molar-refractivity contribution >= 4 is 34.7 Å². The lowest BCUT2D eigenvalue weighted by molar-refractivity contribution is -0.402. The maximum absolute atomic E-state index is 12.2. The van der Waals surface area contributed by atoms with Gasteiger partial charge in [0.05, 0.1) is 16.9 Å². The first-order valence-corrected chi connectivity index (χ1v) is 6.98. The molecule has 0 aromatic carbocycles. The fourth-order valence-electron chi connectivity index (χ4n) is 1.65. The van der Waals surface area contributed by atoms with Gasteiger partial charge in [-0.2, -0.15) is 0 Å². The van der Waals surface area contributed by atoms with Gasteiger partial charge in [-0.05, 0) is 25.1 Å². The number of amides is 1. The molecule has 0 N–H and O–H groups in total. The average Bonchev–Trinajstić information content (AvgIpc) is 3.04. The maximum Gasteiger partial charge on any atom is 0.433 e. The molecule has 20 heavy (non-hydrogen) atoms. The monoisotopic (exact) mass is 314 g/mol. The third kappa shape index (κ3) is 3.17. The zero-order valence-electron chi connectivity index (χ0n) is 10.5. The molecule has 106 valence electrons. The molecule has 0 radical (unpaired) electrons. The number of carbonyl (C=O) groups excluding carboxylic acids is 1. The summed E-state index contributed by atoms with van der Waals surface area (Å²) in [6, 6.07) is 6.08. The Balaban J connectivity index is 2.13. The van der Waals surface area contributed by atoms with Crippen LogP contribution in [0.15, 0.2) is 28.7 Å². The first-order valence-electron chi connectivity index (χ1n) is 5.79. The van der Waals surface area contributed by atoms with Crippen LogP contribution < -0.4 is 0 Å². The van der Waals surface area contributed by atoms with Crippen LogP contribution in [0.5, 0.6) is 0 Å². The van der Waals surface area contributed by atoms with Crippen LogP contribution in [0.1, 0.15) is 22.4 Å². The molecule has 2 aromatic heterocycles. The van der Waals surface area contributed by atoms with Crippen molar-refractivity contribution in [1.82, 2.24) is 4.90 Å². The quantitative estimate of drug-likeness (QED) is 0.624. The molecule has 1 amide bonds. The van der Waals surface area contributed by atoms with Gasteiger partial charge in [-0.15, -0.1) is 11.3 Å². The van der Waals surface area contributed by atoms with Crippen molar-refractivity contribution in [3.8, 4) is 0 Å². The van der Waals surface area contributed by atoms with E-state index in [4.69, 9.17) is 16.0 Å². The summed E-state index contributed by atoms with van der Waals surface area (Å²) in [4.78, 5) is 24.5. The molecule has 0 saturated carbocycles. The molecule has 0 fully saturated rings. The SMILES string of the molecule is CCN(Cc1ccc(Cl)s1)C(=O)c1ccc([N+](=O)[O-])o1. The van der Waals surface area contributed by atoms with Gasteiger partial charge < -0.3 is 9.32 Å². The summed E-state index contributed by atoms with van der Waals surface area (Å²) in [6.45, 7) is 2.68. The van der Waals surface area contributed by atoms with E-state index in [1.54, 1.807) is 6.07 Å². The zero-order chi connectivity index (χ0) is 14.7. The van der Waals surface area contributed by atoms with E-state index in [-0.39, 0.29) is 11.7 Å². The van der Waals surface area contributed by atoms with Gasteiger partial charge in [0, 0.05) is 11.4 Å². The Morgan fingerprint density at radius 3 is 2.70 bits per heavy atom. The Bertz CT molecular complexity index is 637. The molecule has 0 saturated heterocycles. The van der Waals surface area contributed by atoms with E-state index in [1.165, 1.54) is 28.4 Å². The third-order valence-electron chi connectivity index (χ3n) is 2.63. The Morgan fingerprint density at radius 2 is 2.20 bits per heavy atom. The number of hydrogen-bond acceptors (Lipinski definition) is 5. The van der Waals surface area contributed by atoms with E-state index in [9.17, 15) is 14.9 Å². The van der Waals surface area contributed by atoms with Crippen molar-refractivity contribution < 1.29 is 14.1 Å². The van der Waals surface area contributed by atoms with E-state index >= 15 is 0 Å². The van der Waals surface area contributed by atoms with E-state index in [2.05, 4.69) is 0 Å². The van der Waals surface area contributed by atoms with Crippen molar-refractivity contribution in [1.29, 1.82) is 0 Å². The molecule has 2 rings (SSSR count). The van der Waals surface area contributed by atoms with Crippen LogP contribution in [0.2, 0.25) is 4.34 Å². The smallest absolute Gasteiger partial charge is 0.395 e. The van der Waals surface area contributed by atoms with Crippen LogP contribution in [0, 0.1) is 10.1 Å². The highest BCUT2D eigenvalue weighted by molar-refractivity contribution is 7.16. The summed E-state index contributed by atoms with van der Waals surface area (Å²) in [5.41, 5.74) is 0. The van der Waals surface area contributed by atoms with Crippen LogP contribution in [-0.2, 0) is 6.54 Å². The highest BCUT2D eigenvalue weighted by Gasteiger charge is 2.22. The van der Waals surface area contributed by atoms with E-state index in [0.717, 1.165) is 4.88 Å². The summed E-state index contributed by atoms with van der Waals surface area (Å²) < 4.78 is 5.57. The Morgan fingerprint density at radius 1 is 1.45 bits per heavy atom. The van der Waals surface area contributed by atoms with Crippen LogP contribution in [0.4, 0.5) is 5.88 Å². The summed E-state index contributed by atoms with van der Waals surface area (Å²) in [5, 5.41) is 10.5. The number of carbonyl (C=O) groups is 1. The number of hydrogen-bond donors (Lipinski definition) is 0. The van der Waals surface area contributed by atoms with Gasteiger partial charge in [0.1, 0.15) is 4.92 Å². The predicted octanol–water partition coefficient (Wildman–Crippen LogP) is 3.57. The standard InChI is InChI=1S/C12H11ClN2O4S/c1-2-14(7-8-3-5-10(13)20-8)12(16)9-4-6-11(19-9)15(17)18/h3-6H,2,7H2,1H3. The van der Waals surface area contributed by atoms with Gasteiger partial charge in [0.25, 0.3) is 5.91 Å². The summed E-state index contributed by atoms with van der Waals surface area (Å²) in [6.07, 6.45) is 0. The van der Waals surface area contributed by atoms with Crippen molar-refractivity contribution in [3.05, 3.63) is 49.4 Å². The molecule has 2 heterocycles. The first kappa shape index (κ1) is 14.5. The predicted molar refractivity (Wildman–Crippen MR) is 75.1 cm³/mol. The second-order valence-corrected chi connectivity index (χ2v) is 5.72. The third-order valence-corrected chi connectivity index (χ3v) is 3.84. The fraction of sp³-hybridized carbons (Fsp3) is 0.250. The number of nitro groups is 1. The van der Waals surface area contributed by atoms with Gasteiger partial charge in [0.2, 0.25) is 0 Å². The number of halogens is 1. The topological polar surface area (TPSA) is 76.6 Å². The minimum absolute atomic E-state index is 0.0406. The number of nitrogens with zero attached hydrogens (tertiary/aromatic N) is 2. The molecule has 0 bridgehead atoms. The zero-order valence-corrected chi connectivity index (χ0v) is 12.1. The fourth-order valence-corrected chi connectivity index (χ4v) is 2.75. The highest BCUT2D eigenvalue weighted by Crippen LogP contribution is 2.24. The van der Waals surface area contributed by atoms with Crippen LogP contribution in [0.25, 0.3) is 0 Å². The van der Waals surface area contributed by atoms with Crippen LogP contribution in [0.3, 0.4) is 0 Å². The van der Waals surface area contributed by atoms with Crippen molar-refractivity contribution in [2.45, 2.75) is 13.5 Å². The van der Waals surface area contributed by atoms with Crippen molar-refractivity contribution in [3.63, 3.8) is 0 Å². The Kier molecular flexibility index (Phi) is 4.41. The molecule has 0 aliphatic heterocycles. The summed E-state index contributed by atoms with van der Waals surface area (Å²) in [5.74, 6) is -0.866. The normalized spacial score (nSPS) is 10.5. The molecule has 6 nitrogen and oxygen atoms in total. The lowest BCUT2D eigenvalue weighted by Crippen LogP contribution is -2.29. The van der Waals surface area contributed by atoms with E-state index < -0.39 is 10.8 Å². The molecule has 2 aromatic rings. The molecular weight excluding hydrogens is 304 g/mol. The Hall–Kier alpha value is -1.86. The van der Waals surface area contributed by atoms with Crippen molar-refractivity contribution in [2.24, 2.45) is 0 Å². The van der Waals surface area contributed by atoms with Gasteiger partial charge in [0.15, 0.2) is 5.76 Å². The average molecular weight is 315 g/mol. The number of furan rings is 1. The molecule has 0 spiro atoms. The second kappa shape index (κ2) is 6.06. The Labute approximate surface area is 123 Å². The number of thiophene rings is 1. The van der Waals surface area contributed by atoms with Gasteiger partial charge >= 0.3 is 5.88 Å². The minimum atomic E-state index is -0.674. The summed E-state index contributed by atoms with van der Waals surface area (Å²) in [7, 11) is 0. The van der Waals surface area contributed by atoms with E-state index in [0.29, 0.717) is 17.4 Å². The minimum Gasteiger partial charge on any atom is -0.395 e. The highest BCUT2D eigenvalue weighted by atomic mass is 35.5. The van der Waals surface area contributed by atoms with Gasteiger partial charge in [-0.25, -0.2) is 0 Å². The number of rotatable bonds is 5. The lowest BCUT2D eigenvalue weighted by atomic mass is 10.3. The second-order valence-electron chi connectivity index (χ2n) is 3.92. The molecular formula is C12H11ClN2O4S. The molecule has 0 aliphatic rings. The van der Waals surface area contributed by atoms with Crippen molar-refractivity contribution in [2.75, 3.05) is 6.54 Å². The van der Waals surface area contributed by atoms with Gasteiger partial charge in [-0.1, -0.05) is 11.6 Å². The first-order chi connectivity index (χ1) is 9.51. The molecule has 0 atom stereocenters.